The van der Waals surface area contributed by atoms with Gasteiger partial charge in [-0.3, -0.25) is 4.79 Å². The molecule has 1 aromatic carbocycles. The van der Waals surface area contributed by atoms with Gasteiger partial charge in [0.15, 0.2) is 0 Å². The Hall–Kier alpha value is -2.55. The number of fused-ring (bicyclic) bond motifs is 1. The molecule has 1 saturated carbocycles. The number of nitriles is 1. The van der Waals surface area contributed by atoms with Gasteiger partial charge in [0.25, 0.3) is 5.91 Å². The highest BCUT2D eigenvalue weighted by Crippen LogP contribution is 2.32. The van der Waals surface area contributed by atoms with Gasteiger partial charge in [0.05, 0.1) is 17.7 Å². The number of carbonyl (C=O) groups is 2. The summed E-state index contributed by atoms with van der Waals surface area (Å²) in [6.45, 7) is 0.489. The van der Waals surface area contributed by atoms with Crippen LogP contribution in [0.2, 0.25) is 0 Å². The fourth-order valence-electron chi connectivity index (χ4n) is 3.38. The molecule has 22 heavy (non-hydrogen) atoms. The Kier molecular flexibility index (Phi) is 3.72. The van der Waals surface area contributed by atoms with E-state index in [0.717, 1.165) is 31.2 Å². The van der Waals surface area contributed by atoms with Gasteiger partial charge in [-0.1, -0.05) is 12.5 Å². The monoisotopic (exact) mass is 299 g/mol. The van der Waals surface area contributed by atoms with Crippen LogP contribution in [-0.2, 0) is 11.3 Å². The second kappa shape index (κ2) is 5.68. The third-order valence-electron chi connectivity index (χ3n) is 4.41. The molecule has 1 heterocycles. The first-order valence-corrected chi connectivity index (χ1v) is 7.40. The van der Waals surface area contributed by atoms with Crippen molar-refractivity contribution in [3.63, 3.8) is 0 Å². The van der Waals surface area contributed by atoms with Crippen LogP contribution >= 0.6 is 0 Å². The molecule has 1 aliphatic carbocycles. The first kappa shape index (κ1) is 14.4. The van der Waals surface area contributed by atoms with Gasteiger partial charge in [0.1, 0.15) is 6.10 Å². The van der Waals surface area contributed by atoms with E-state index >= 15 is 0 Å². The quantitative estimate of drug-likeness (QED) is 0.902. The number of nitrogens with two attached hydrogens (primary N) is 1. The predicted molar refractivity (Wildman–Crippen MR) is 77.7 cm³/mol. The summed E-state index contributed by atoms with van der Waals surface area (Å²) in [7, 11) is 0. The summed E-state index contributed by atoms with van der Waals surface area (Å²) in [4.78, 5) is 25.5. The van der Waals surface area contributed by atoms with E-state index in [9.17, 15) is 9.59 Å². The summed E-state index contributed by atoms with van der Waals surface area (Å²) < 4.78 is 5.20. The summed E-state index contributed by atoms with van der Waals surface area (Å²) in [5.41, 5.74) is 7.10. The van der Waals surface area contributed by atoms with Crippen LogP contribution in [0, 0.1) is 11.3 Å². The molecule has 0 aromatic heterocycles. The molecular weight excluding hydrogens is 282 g/mol. The number of amides is 2. The Morgan fingerprint density at radius 3 is 2.86 bits per heavy atom. The summed E-state index contributed by atoms with van der Waals surface area (Å²) >= 11 is 0. The first-order chi connectivity index (χ1) is 10.6. The zero-order valence-electron chi connectivity index (χ0n) is 12.1. The van der Waals surface area contributed by atoms with Crippen LogP contribution < -0.4 is 5.73 Å². The smallest absolute Gasteiger partial charge is 0.404 e. The molecule has 2 N–H and O–H groups in total. The van der Waals surface area contributed by atoms with Crippen LogP contribution in [0.3, 0.4) is 0 Å². The first-order valence-electron chi connectivity index (χ1n) is 7.40. The van der Waals surface area contributed by atoms with E-state index in [0.29, 0.717) is 17.7 Å². The van der Waals surface area contributed by atoms with E-state index in [4.69, 9.17) is 15.7 Å². The maximum absolute atomic E-state index is 12.6. The van der Waals surface area contributed by atoms with Gasteiger partial charge < -0.3 is 15.4 Å². The third-order valence-corrected chi connectivity index (χ3v) is 4.41. The van der Waals surface area contributed by atoms with Crippen molar-refractivity contribution in [3.8, 4) is 6.07 Å². The number of ether oxygens (including phenoxy) is 1. The molecule has 114 valence electrons. The van der Waals surface area contributed by atoms with E-state index in [1.165, 1.54) is 0 Å². The van der Waals surface area contributed by atoms with Gasteiger partial charge in [0.2, 0.25) is 0 Å². The van der Waals surface area contributed by atoms with Crippen molar-refractivity contribution in [1.29, 1.82) is 5.26 Å². The van der Waals surface area contributed by atoms with Crippen LogP contribution in [0.4, 0.5) is 4.79 Å². The van der Waals surface area contributed by atoms with E-state index in [1.807, 2.05) is 12.1 Å². The maximum Gasteiger partial charge on any atom is 0.404 e. The van der Waals surface area contributed by atoms with Crippen molar-refractivity contribution in [1.82, 2.24) is 4.90 Å². The summed E-state index contributed by atoms with van der Waals surface area (Å²) in [6, 6.07) is 7.07. The fraction of sp³-hybridized carbons (Fsp3) is 0.438. The molecular formula is C16H17N3O3. The number of carbonyl (C=O) groups excluding carboxylic acids is 2. The average molecular weight is 299 g/mol. The van der Waals surface area contributed by atoms with Gasteiger partial charge in [-0.05, 0) is 37.0 Å². The molecule has 3 rings (SSSR count). The molecule has 6 nitrogen and oxygen atoms in total. The van der Waals surface area contributed by atoms with Crippen molar-refractivity contribution in [3.05, 3.63) is 34.9 Å². The summed E-state index contributed by atoms with van der Waals surface area (Å²) in [5.74, 6) is -0.0999. The highest BCUT2D eigenvalue weighted by atomic mass is 16.6. The molecule has 0 spiro atoms. The lowest BCUT2D eigenvalue weighted by Gasteiger charge is -2.36. The predicted octanol–water partition coefficient (Wildman–Crippen LogP) is 1.92. The van der Waals surface area contributed by atoms with Crippen LogP contribution in [0.5, 0.6) is 0 Å². The molecule has 2 atom stereocenters. The Balaban J connectivity index is 1.85. The molecule has 6 heteroatoms. The molecule has 0 unspecified atom stereocenters. The number of hydrogen-bond donors (Lipinski definition) is 1. The second-order valence-electron chi connectivity index (χ2n) is 5.74. The fourth-order valence-corrected chi connectivity index (χ4v) is 3.38. The number of benzene rings is 1. The molecule has 2 amide bonds. The maximum atomic E-state index is 12.6. The SMILES string of the molecule is N#Cc1ccc2c(c1)C(=O)N([C@@H]1CCCC[C@H]1OC(N)=O)C2. The lowest BCUT2D eigenvalue weighted by molar-refractivity contribution is 0.00883. The Bertz CT molecular complexity index is 665. The van der Waals surface area contributed by atoms with Gasteiger partial charge in [-0.2, -0.15) is 5.26 Å². The number of nitrogens with zero attached hydrogens (tertiary/aromatic N) is 2. The van der Waals surface area contributed by atoms with Crippen LogP contribution in [0.25, 0.3) is 0 Å². The number of rotatable bonds is 2. The topological polar surface area (TPSA) is 96.4 Å². The highest BCUT2D eigenvalue weighted by molar-refractivity contribution is 5.99. The third kappa shape index (κ3) is 2.50. The largest absolute Gasteiger partial charge is 0.444 e. The Labute approximate surface area is 128 Å². The lowest BCUT2D eigenvalue weighted by atomic mass is 9.91. The zero-order valence-corrected chi connectivity index (χ0v) is 12.1. The van der Waals surface area contributed by atoms with Crippen molar-refractivity contribution in [2.24, 2.45) is 5.73 Å². The molecule has 1 fully saturated rings. The average Bonchev–Trinajstić information content (AvgIpc) is 2.84. The summed E-state index contributed by atoms with van der Waals surface area (Å²) in [5, 5.41) is 8.96. The molecule has 2 aliphatic rings. The zero-order chi connectivity index (χ0) is 15.7. The molecule has 0 bridgehead atoms. The molecule has 0 saturated heterocycles. The highest BCUT2D eigenvalue weighted by Gasteiger charge is 2.39. The van der Waals surface area contributed by atoms with Gasteiger partial charge in [-0.15, -0.1) is 0 Å². The van der Waals surface area contributed by atoms with E-state index < -0.39 is 6.09 Å². The second-order valence-corrected chi connectivity index (χ2v) is 5.74. The summed E-state index contributed by atoms with van der Waals surface area (Å²) in [6.07, 6.45) is 2.32. The van der Waals surface area contributed by atoms with Gasteiger partial charge >= 0.3 is 6.09 Å². The van der Waals surface area contributed by atoms with Gasteiger partial charge in [-0.25, -0.2) is 4.79 Å². The van der Waals surface area contributed by atoms with Crippen molar-refractivity contribution < 1.29 is 14.3 Å². The number of hydrogen-bond acceptors (Lipinski definition) is 4. The normalized spacial score (nSPS) is 23.8. The van der Waals surface area contributed by atoms with E-state index in [-0.39, 0.29) is 18.1 Å². The molecule has 1 aliphatic heterocycles. The van der Waals surface area contributed by atoms with Crippen molar-refractivity contribution in [2.75, 3.05) is 0 Å². The number of primary amides is 1. The van der Waals surface area contributed by atoms with Crippen LogP contribution in [-0.4, -0.2) is 29.0 Å². The Morgan fingerprint density at radius 1 is 1.36 bits per heavy atom. The van der Waals surface area contributed by atoms with E-state index in [2.05, 4.69) is 0 Å². The van der Waals surface area contributed by atoms with Crippen LogP contribution in [0.15, 0.2) is 18.2 Å². The Morgan fingerprint density at radius 2 is 2.14 bits per heavy atom. The van der Waals surface area contributed by atoms with Crippen molar-refractivity contribution in [2.45, 2.75) is 44.4 Å². The minimum absolute atomic E-state index is 0.0999. The molecule has 0 radical (unpaired) electrons. The standard InChI is InChI=1S/C16H17N3O3/c17-8-10-5-6-11-9-19(15(20)12(11)7-10)13-3-1-2-4-14(13)22-16(18)21/h5-7,13-14H,1-4,9H2,(H2,18,21)/t13-,14-/m1/s1. The van der Waals surface area contributed by atoms with Crippen molar-refractivity contribution >= 4 is 12.0 Å². The van der Waals surface area contributed by atoms with Gasteiger partial charge in [0, 0.05) is 12.1 Å². The minimum atomic E-state index is -0.798. The van der Waals surface area contributed by atoms with E-state index in [1.54, 1.807) is 17.0 Å². The lowest BCUT2D eigenvalue weighted by Crippen LogP contribution is -2.48. The van der Waals surface area contributed by atoms with Crippen LogP contribution in [0.1, 0.15) is 47.2 Å². The minimum Gasteiger partial charge on any atom is -0.444 e. The molecule has 1 aromatic rings.